The van der Waals surface area contributed by atoms with Gasteiger partial charge >= 0.3 is 0 Å². The second-order valence-electron chi connectivity index (χ2n) is 5.95. The quantitative estimate of drug-likeness (QED) is 0.545. The fourth-order valence-corrected chi connectivity index (χ4v) is 2.92. The summed E-state index contributed by atoms with van der Waals surface area (Å²) in [5, 5.41) is 5.50. The molecule has 3 aromatic carbocycles. The molecule has 0 aliphatic heterocycles. The maximum atomic E-state index is 12.0. The van der Waals surface area contributed by atoms with Crippen LogP contribution in [0.2, 0.25) is 5.02 Å². The van der Waals surface area contributed by atoms with Crippen molar-refractivity contribution >= 4 is 39.4 Å². The zero-order valence-electron chi connectivity index (χ0n) is 13.9. The van der Waals surface area contributed by atoms with E-state index in [2.05, 4.69) is 5.32 Å². The molecule has 4 nitrogen and oxygen atoms in total. The van der Waals surface area contributed by atoms with E-state index >= 15 is 0 Å². The number of carbonyl (C=O) groups is 1. The first-order chi connectivity index (χ1) is 12.7. The highest BCUT2D eigenvalue weighted by molar-refractivity contribution is 6.30. The Kier molecular flexibility index (Phi) is 4.50. The van der Waals surface area contributed by atoms with Crippen molar-refractivity contribution < 1.29 is 13.9 Å². The summed E-state index contributed by atoms with van der Waals surface area (Å²) in [6, 6.07) is 20.7. The van der Waals surface area contributed by atoms with Gasteiger partial charge in [-0.15, -0.1) is 0 Å². The Morgan fingerprint density at radius 3 is 2.58 bits per heavy atom. The SMILES string of the molecule is O=C(COc1ccc2oc3ccccc3c2c1)NCc1ccc(Cl)cc1. The summed E-state index contributed by atoms with van der Waals surface area (Å²) in [6.07, 6.45) is 0. The van der Waals surface area contributed by atoms with E-state index in [9.17, 15) is 4.79 Å². The van der Waals surface area contributed by atoms with Crippen LogP contribution in [0, 0.1) is 0 Å². The predicted molar refractivity (Wildman–Crippen MR) is 103 cm³/mol. The molecule has 0 aliphatic rings. The van der Waals surface area contributed by atoms with Gasteiger partial charge in [0.05, 0.1) is 0 Å². The summed E-state index contributed by atoms with van der Waals surface area (Å²) < 4.78 is 11.4. The molecule has 0 saturated heterocycles. The molecule has 0 aliphatic carbocycles. The van der Waals surface area contributed by atoms with Crippen LogP contribution in [0.5, 0.6) is 5.75 Å². The molecule has 0 bridgehead atoms. The summed E-state index contributed by atoms with van der Waals surface area (Å²) in [5.74, 6) is 0.447. The number of halogens is 1. The van der Waals surface area contributed by atoms with Crippen LogP contribution in [0.25, 0.3) is 21.9 Å². The minimum atomic E-state index is -0.183. The molecule has 4 rings (SSSR count). The molecule has 4 aromatic rings. The molecule has 0 spiro atoms. The molecule has 1 amide bonds. The zero-order valence-corrected chi connectivity index (χ0v) is 14.6. The van der Waals surface area contributed by atoms with Gasteiger partial charge in [0.2, 0.25) is 0 Å². The molecule has 0 atom stereocenters. The lowest BCUT2D eigenvalue weighted by Gasteiger charge is -2.08. The molecule has 130 valence electrons. The van der Waals surface area contributed by atoms with Gasteiger partial charge in [-0.2, -0.15) is 0 Å². The summed E-state index contributed by atoms with van der Waals surface area (Å²) >= 11 is 5.85. The van der Waals surface area contributed by atoms with Gasteiger partial charge in [0.15, 0.2) is 6.61 Å². The van der Waals surface area contributed by atoms with E-state index in [1.807, 2.05) is 48.5 Å². The average Bonchev–Trinajstić information content (AvgIpc) is 3.04. The third-order valence-corrected chi connectivity index (χ3v) is 4.37. The highest BCUT2D eigenvalue weighted by atomic mass is 35.5. The summed E-state index contributed by atoms with van der Waals surface area (Å²) in [7, 11) is 0. The van der Waals surface area contributed by atoms with Gasteiger partial charge in [0.1, 0.15) is 16.9 Å². The number of nitrogens with one attached hydrogen (secondary N) is 1. The van der Waals surface area contributed by atoms with Gasteiger partial charge in [0.25, 0.3) is 5.91 Å². The van der Waals surface area contributed by atoms with E-state index < -0.39 is 0 Å². The molecular formula is C21H16ClNO3. The van der Waals surface area contributed by atoms with E-state index in [1.54, 1.807) is 18.2 Å². The summed E-state index contributed by atoms with van der Waals surface area (Å²) in [6.45, 7) is 0.389. The standard InChI is InChI=1S/C21H16ClNO3/c22-15-7-5-14(6-8-15)12-23-21(24)13-25-16-9-10-20-18(11-16)17-3-1-2-4-19(17)26-20/h1-11H,12-13H2,(H,23,24). The Bertz CT molecular complexity index is 1070. The second kappa shape index (κ2) is 7.10. The van der Waals surface area contributed by atoms with Crippen LogP contribution in [0.4, 0.5) is 0 Å². The van der Waals surface area contributed by atoms with Crippen molar-refractivity contribution in [1.29, 1.82) is 0 Å². The van der Waals surface area contributed by atoms with Crippen LogP contribution in [0.3, 0.4) is 0 Å². The van der Waals surface area contributed by atoms with Gasteiger partial charge in [-0.3, -0.25) is 4.79 Å². The molecule has 5 heteroatoms. The smallest absolute Gasteiger partial charge is 0.258 e. The molecule has 0 unspecified atom stereocenters. The molecule has 1 aromatic heterocycles. The number of fused-ring (bicyclic) bond motifs is 3. The third-order valence-electron chi connectivity index (χ3n) is 4.12. The van der Waals surface area contributed by atoms with E-state index in [4.69, 9.17) is 20.8 Å². The normalized spacial score (nSPS) is 11.0. The highest BCUT2D eigenvalue weighted by Crippen LogP contribution is 2.31. The van der Waals surface area contributed by atoms with E-state index in [1.165, 1.54) is 0 Å². The number of benzene rings is 3. The number of furan rings is 1. The van der Waals surface area contributed by atoms with E-state index in [-0.39, 0.29) is 12.5 Å². The van der Waals surface area contributed by atoms with Crippen LogP contribution < -0.4 is 10.1 Å². The Balaban J connectivity index is 1.40. The zero-order chi connectivity index (χ0) is 17.9. The highest BCUT2D eigenvalue weighted by Gasteiger charge is 2.08. The maximum Gasteiger partial charge on any atom is 0.258 e. The van der Waals surface area contributed by atoms with Crippen molar-refractivity contribution in [3.05, 3.63) is 77.3 Å². The van der Waals surface area contributed by atoms with Crippen LogP contribution >= 0.6 is 11.6 Å². The Morgan fingerprint density at radius 2 is 1.73 bits per heavy atom. The fraction of sp³-hybridized carbons (Fsp3) is 0.0952. The predicted octanol–water partition coefficient (Wildman–Crippen LogP) is 4.93. The van der Waals surface area contributed by atoms with Crippen LogP contribution in [-0.4, -0.2) is 12.5 Å². The Morgan fingerprint density at radius 1 is 0.962 bits per heavy atom. The summed E-state index contributed by atoms with van der Waals surface area (Å²) in [5.41, 5.74) is 2.61. The number of amides is 1. The maximum absolute atomic E-state index is 12.0. The van der Waals surface area contributed by atoms with Gasteiger partial charge in [0, 0.05) is 22.3 Å². The number of carbonyl (C=O) groups excluding carboxylic acids is 1. The van der Waals surface area contributed by atoms with Crippen molar-refractivity contribution in [2.24, 2.45) is 0 Å². The minimum absolute atomic E-state index is 0.0467. The van der Waals surface area contributed by atoms with Gasteiger partial charge < -0.3 is 14.5 Å². The lowest BCUT2D eigenvalue weighted by Crippen LogP contribution is -2.28. The van der Waals surface area contributed by atoms with Crippen LogP contribution in [0.1, 0.15) is 5.56 Å². The topological polar surface area (TPSA) is 51.5 Å². The molecular weight excluding hydrogens is 350 g/mol. The van der Waals surface area contributed by atoms with Crippen molar-refractivity contribution in [2.75, 3.05) is 6.61 Å². The summed E-state index contributed by atoms with van der Waals surface area (Å²) in [4.78, 5) is 12.0. The molecule has 0 radical (unpaired) electrons. The number of rotatable bonds is 5. The minimum Gasteiger partial charge on any atom is -0.484 e. The number of hydrogen-bond acceptors (Lipinski definition) is 3. The van der Waals surface area contributed by atoms with E-state index in [0.717, 1.165) is 27.5 Å². The van der Waals surface area contributed by atoms with Gasteiger partial charge in [-0.05, 0) is 42.0 Å². The lowest BCUT2D eigenvalue weighted by atomic mass is 10.1. The second-order valence-corrected chi connectivity index (χ2v) is 6.38. The Labute approximate surface area is 155 Å². The molecule has 1 heterocycles. The van der Waals surface area contributed by atoms with E-state index in [0.29, 0.717) is 17.3 Å². The third kappa shape index (κ3) is 3.51. The first kappa shape index (κ1) is 16.5. The number of para-hydroxylation sites is 1. The van der Waals surface area contributed by atoms with Crippen molar-refractivity contribution in [3.63, 3.8) is 0 Å². The lowest BCUT2D eigenvalue weighted by molar-refractivity contribution is -0.123. The van der Waals surface area contributed by atoms with Crippen molar-refractivity contribution in [1.82, 2.24) is 5.32 Å². The molecule has 0 fully saturated rings. The monoisotopic (exact) mass is 365 g/mol. The molecule has 26 heavy (non-hydrogen) atoms. The van der Waals surface area contributed by atoms with Crippen LogP contribution in [-0.2, 0) is 11.3 Å². The van der Waals surface area contributed by atoms with Crippen molar-refractivity contribution in [3.8, 4) is 5.75 Å². The average molecular weight is 366 g/mol. The van der Waals surface area contributed by atoms with Gasteiger partial charge in [-0.1, -0.05) is 41.9 Å². The van der Waals surface area contributed by atoms with Crippen LogP contribution in [0.15, 0.2) is 71.1 Å². The Hall–Kier alpha value is -2.98. The number of hydrogen-bond donors (Lipinski definition) is 1. The van der Waals surface area contributed by atoms with Crippen molar-refractivity contribution in [2.45, 2.75) is 6.54 Å². The first-order valence-corrected chi connectivity index (χ1v) is 8.62. The molecule has 1 N–H and O–H groups in total. The molecule has 0 saturated carbocycles. The largest absolute Gasteiger partial charge is 0.484 e. The first-order valence-electron chi connectivity index (χ1n) is 8.24. The fourth-order valence-electron chi connectivity index (χ4n) is 2.80. The number of ether oxygens (including phenoxy) is 1. The van der Waals surface area contributed by atoms with Gasteiger partial charge in [-0.25, -0.2) is 0 Å².